The van der Waals surface area contributed by atoms with Gasteiger partial charge in [0.1, 0.15) is 0 Å². The Morgan fingerprint density at radius 1 is 1.37 bits per heavy atom. The Labute approximate surface area is 120 Å². The van der Waals surface area contributed by atoms with Crippen LogP contribution in [0.5, 0.6) is 0 Å². The molecule has 4 heteroatoms. The van der Waals surface area contributed by atoms with E-state index in [1.54, 1.807) is 11.3 Å². The summed E-state index contributed by atoms with van der Waals surface area (Å²) in [5.41, 5.74) is 0. The van der Waals surface area contributed by atoms with Gasteiger partial charge in [0.05, 0.1) is 6.54 Å². The number of amides is 1. The molecule has 1 heterocycles. The molecule has 2 rings (SSSR count). The fourth-order valence-electron chi connectivity index (χ4n) is 2.67. The molecule has 0 aromatic carbocycles. The summed E-state index contributed by atoms with van der Waals surface area (Å²) in [6, 6.07) is 4.58. The van der Waals surface area contributed by atoms with E-state index in [0.29, 0.717) is 12.6 Å². The number of carbonyl (C=O) groups excluding carboxylic acids is 1. The van der Waals surface area contributed by atoms with Crippen molar-refractivity contribution in [2.45, 2.75) is 51.1 Å². The smallest absolute Gasteiger partial charge is 0.234 e. The zero-order chi connectivity index (χ0) is 13.5. The summed E-state index contributed by atoms with van der Waals surface area (Å²) in [5, 5.41) is 5.27. The lowest BCUT2D eigenvalue weighted by Crippen LogP contribution is -2.40. The summed E-state index contributed by atoms with van der Waals surface area (Å²) in [7, 11) is 2.01. The highest BCUT2D eigenvalue weighted by molar-refractivity contribution is 7.09. The molecule has 1 aliphatic carbocycles. The summed E-state index contributed by atoms with van der Waals surface area (Å²) in [5.74, 6) is 0.172. The molecular weight excluding hydrogens is 256 g/mol. The predicted molar refractivity (Wildman–Crippen MR) is 80.3 cm³/mol. The highest BCUT2D eigenvalue weighted by Gasteiger charge is 2.15. The maximum absolute atomic E-state index is 12.0. The van der Waals surface area contributed by atoms with Gasteiger partial charge in [-0.3, -0.25) is 9.69 Å². The van der Waals surface area contributed by atoms with E-state index in [0.717, 1.165) is 19.4 Å². The number of nitrogens with zero attached hydrogens (tertiary/aromatic N) is 1. The van der Waals surface area contributed by atoms with Crippen molar-refractivity contribution in [1.82, 2.24) is 10.2 Å². The molecule has 1 amide bonds. The first-order valence-electron chi connectivity index (χ1n) is 7.24. The molecule has 0 spiro atoms. The lowest BCUT2D eigenvalue weighted by molar-refractivity contribution is -0.122. The van der Waals surface area contributed by atoms with Gasteiger partial charge in [-0.05, 0) is 31.3 Å². The van der Waals surface area contributed by atoms with Gasteiger partial charge < -0.3 is 5.32 Å². The van der Waals surface area contributed by atoms with Crippen molar-refractivity contribution in [3.8, 4) is 0 Å². The standard InChI is InChI=1S/C15H24N2OS/c1-17(11-14-9-6-10-19-14)12-15(18)16-13-7-4-2-3-5-8-13/h6,9-10,13H,2-5,7-8,11-12H2,1H3,(H,16,18). The summed E-state index contributed by atoms with van der Waals surface area (Å²) in [4.78, 5) is 15.4. The summed E-state index contributed by atoms with van der Waals surface area (Å²) in [6.45, 7) is 1.35. The number of rotatable bonds is 5. The van der Waals surface area contributed by atoms with Crippen LogP contribution in [-0.2, 0) is 11.3 Å². The van der Waals surface area contributed by atoms with Crippen molar-refractivity contribution in [2.75, 3.05) is 13.6 Å². The highest BCUT2D eigenvalue weighted by Crippen LogP contribution is 2.17. The van der Waals surface area contributed by atoms with Crippen molar-refractivity contribution in [2.24, 2.45) is 0 Å². The second-order valence-corrected chi connectivity index (χ2v) is 6.54. The normalized spacial score (nSPS) is 17.4. The molecule has 0 radical (unpaired) electrons. The maximum atomic E-state index is 12.0. The van der Waals surface area contributed by atoms with Crippen molar-refractivity contribution in [3.63, 3.8) is 0 Å². The van der Waals surface area contributed by atoms with Gasteiger partial charge in [0.15, 0.2) is 0 Å². The van der Waals surface area contributed by atoms with Crippen LogP contribution in [0.1, 0.15) is 43.4 Å². The number of hydrogen-bond donors (Lipinski definition) is 1. The molecule has 1 N–H and O–H groups in total. The number of likely N-dealkylation sites (N-methyl/N-ethyl adjacent to an activating group) is 1. The molecule has 1 aromatic rings. The van der Waals surface area contributed by atoms with Crippen LogP contribution in [0.25, 0.3) is 0 Å². The molecule has 3 nitrogen and oxygen atoms in total. The third-order valence-corrected chi connectivity index (χ3v) is 4.50. The number of nitrogens with one attached hydrogen (secondary N) is 1. The zero-order valence-corrected chi connectivity index (χ0v) is 12.5. The first-order chi connectivity index (χ1) is 9.24. The Hall–Kier alpha value is -0.870. The average Bonchev–Trinajstić information content (AvgIpc) is 2.72. The maximum Gasteiger partial charge on any atom is 0.234 e. The van der Waals surface area contributed by atoms with Crippen LogP contribution in [0, 0.1) is 0 Å². The van der Waals surface area contributed by atoms with Gasteiger partial charge in [-0.1, -0.05) is 31.7 Å². The van der Waals surface area contributed by atoms with E-state index < -0.39 is 0 Å². The topological polar surface area (TPSA) is 32.3 Å². The molecule has 1 aromatic heterocycles. The Morgan fingerprint density at radius 3 is 2.74 bits per heavy atom. The lowest BCUT2D eigenvalue weighted by Gasteiger charge is -2.19. The van der Waals surface area contributed by atoms with E-state index in [9.17, 15) is 4.79 Å². The molecule has 0 aliphatic heterocycles. The second-order valence-electron chi connectivity index (χ2n) is 5.51. The van der Waals surface area contributed by atoms with Gasteiger partial charge in [0, 0.05) is 17.5 Å². The summed E-state index contributed by atoms with van der Waals surface area (Å²) < 4.78 is 0. The minimum Gasteiger partial charge on any atom is -0.352 e. The molecule has 106 valence electrons. The van der Waals surface area contributed by atoms with Crippen LogP contribution < -0.4 is 5.32 Å². The van der Waals surface area contributed by atoms with E-state index in [1.165, 1.54) is 30.6 Å². The number of hydrogen-bond acceptors (Lipinski definition) is 3. The Kier molecular flexibility index (Phi) is 5.86. The Bertz CT molecular complexity index is 370. The lowest BCUT2D eigenvalue weighted by atomic mass is 10.1. The van der Waals surface area contributed by atoms with Crippen molar-refractivity contribution < 1.29 is 4.79 Å². The first kappa shape index (κ1) is 14.5. The molecule has 0 saturated heterocycles. The van der Waals surface area contributed by atoms with E-state index >= 15 is 0 Å². The van der Waals surface area contributed by atoms with Crippen LogP contribution in [0.3, 0.4) is 0 Å². The highest BCUT2D eigenvalue weighted by atomic mass is 32.1. The van der Waals surface area contributed by atoms with Gasteiger partial charge in [-0.2, -0.15) is 0 Å². The second kappa shape index (κ2) is 7.65. The third kappa shape index (κ3) is 5.33. The average molecular weight is 280 g/mol. The van der Waals surface area contributed by atoms with Gasteiger partial charge in [0.25, 0.3) is 0 Å². The molecule has 0 unspecified atom stereocenters. The Balaban J connectivity index is 1.70. The molecule has 1 aliphatic rings. The predicted octanol–water partition coefficient (Wildman–Crippen LogP) is 3.02. The number of thiophene rings is 1. The fraction of sp³-hybridized carbons (Fsp3) is 0.667. The summed E-state index contributed by atoms with van der Waals surface area (Å²) >= 11 is 1.74. The quantitative estimate of drug-likeness (QED) is 0.841. The van der Waals surface area contributed by atoms with E-state index in [2.05, 4.69) is 27.7 Å². The molecule has 1 fully saturated rings. The van der Waals surface area contributed by atoms with Crippen LogP contribution in [0.15, 0.2) is 17.5 Å². The van der Waals surface area contributed by atoms with Crippen LogP contribution in [-0.4, -0.2) is 30.4 Å². The van der Waals surface area contributed by atoms with Gasteiger partial charge >= 0.3 is 0 Å². The molecule has 0 atom stereocenters. The van der Waals surface area contributed by atoms with E-state index in [4.69, 9.17) is 0 Å². The summed E-state index contributed by atoms with van der Waals surface area (Å²) in [6.07, 6.45) is 7.47. The molecule has 0 bridgehead atoms. The van der Waals surface area contributed by atoms with E-state index in [-0.39, 0.29) is 5.91 Å². The van der Waals surface area contributed by atoms with E-state index in [1.807, 2.05) is 7.05 Å². The van der Waals surface area contributed by atoms with Crippen LogP contribution >= 0.6 is 11.3 Å². The first-order valence-corrected chi connectivity index (χ1v) is 8.12. The molecule has 1 saturated carbocycles. The SMILES string of the molecule is CN(CC(=O)NC1CCCCCC1)Cc1cccs1. The number of carbonyl (C=O) groups is 1. The minimum atomic E-state index is 0.172. The minimum absolute atomic E-state index is 0.172. The van der Waals surface area contributed by atoms with Crippen molar-refractivity contribution in [3.05, 3.63) is 22.4 Å². The van der Waals surface area contributed by atoms with Gasteiger partial charge in [-0.15, -0.1) is 11.3 Å². The van der Waals surface area contributed by atoms with Crippen LogP contribution in [0.2, 0.25) is 0 Å². The third-order valence-electron chi connectivity index (χ3n) is 3.64. The molecule has 19 heavy (non-hydrogen) atoms. The largest absolute Gasteiger partial charge is 0.352 e. The molecular formula is C15H24N2OS. The zero-order valence-electron chi connectivity index (χ0n) is 11.7. The van der Waals surface area contributed by atoms with Gasteiger partial charge in [-0.25, -0.2) is 0 Å². The van der Waals surface area contributed by atoms with Gasteiger partial charge in [0.2, 0.25) is 5.91 Å². The van der Waals surface area contributed by atoms with Crippen molar-refractivity contribution >= 4 is 17.2 Å². The Morgan fingerprint density at radius 2 is 2.11 bits per heavy atom. The fourth-order valence-corrected chi connectivity index (χ4v) is 3.45. The van der Waals surface area contributed by atoms with Crippen LogP contribution in [0.4, 0.5) is 0 Å². The van der Waals surface area contributed by atoms with Crippen molar-refractivity contribution in [1.29, 1.82) is 0 Å². The monoisotopic (exact) mass is 280 g/mol.